The molecule has 0 N–H and O–H groups in total. The summed E-state index contributed by atoms with van der Waals surface area (Å²) < 4.78 is 11.6. The second-order valence-corrected chi connectivity index (χ2v) is 6.58. The largest absolute Gasteiger partial charge is 0.488 e. The lowest BCUT2D eigenvalue weighted by molar-refractivity contribution is 0.112. The van der Waals surface area contributed by atoms with Gasteiger partial charge in [0.05, 0.1) is 0 Å². The van der Waals surface area contributed by atoms with Crippen molar-refractivity contribution in [1.82, 2.24) is 0 Å². The van der Waals surface area contributed by atoms with E-state index in [9.17, 15) is 9.70 Å². The van der Waals surface area contributed by atoms with Crippen molar-refractivity contribution in [3.63, 3.8) is 0 Å². The summed E-state index contributed by atoms with van der Waals surface area (Å²) in [5, 5.41) is 3.81. The van der Waals surface area contributed by atoms with Crippen LogP contribution in [0, 0.1) is 4.91 Å². The molecule has 0 aliphatic heterocycles. The van der Waals surface area contributed by atoms with Crippen molar-refractivity contribution in [3.05, 3.63) is 93.9 Å². The summed E-state index contributed by atoms with van der Waals surface area (Å²) in [6, 6.07) is 20.1. The van der Waals surface area contributed by atoms with Crippen LogP contribution in [-0.4, -0.2) is 12.4 Å². The average molecular weight is 396 g/mol. The van der Waals surface area contributed by atoms with Gasteiger partial charge in [-0.05, 0) is 61.0 Å². The number of hydrogen-bond acceptors (Lipinski definition) is 5. The number of ether oxygens (including phenoxy) is 2. The van der Waals surface area contributed by atoms with E-state index < -0.39 is 12.1 Å². The monoisotopic (exact) mass is 395 g/mol. The van der Waals surface area contributed by atoms with Crippen LogP contribution in [-0.2, 0) is 0 Å². The molecule has 3 aromatic rings. The van der Waals surface area contributed by atoms with E-state index in [-0.39, 0.29) is 0 Å². The lowest BCUT2D eigenvalue weighted by atomic mass is 9.98. The Kier molecular flexibility index (Phi) is 6.40. The van der Waals surface area contributed by atoms with Crippen molar-refractivity contribution in [3.8, 4) is 17.2 Å². The maximum Gasteiger partial charge on any atom is 0.154 e. The van der Waals surface area contributed by atoms with Crippen LogP contribution in [0.15, 0.2) is 78.0 Å². The van der Waals surface area contributed by atoms with E-state index in [0.717, 1.165) is 0 Å². The molecule has 0 saturated carbocycles. The molecule has 0 radical (unpaired) electrons. The average Bonchev–Trinajstić information content (AvgIpc) is 2.72. The van der Waals surface area contributed by atoms with Crippen molar-refractivity contribution in [2.75, 3.05) is 0 Å². The van der Waals surface area contributed by atoms with Crippen LogP contribution >= 0.6 is 11.6 Å². The van der Waals surface area contributed by atoms with Crippen LogP contribution in [0.2, 0.25) is 5.02 Å². The molecular weight excluding hydrogens is 378 g/mol. The Morgan fingerprint density at radius 3 is 2.07 bits per heavy atom. The fraction of sp³-hybridized carbons (Fsp3) is 0.136. The van der Waals surface area contributed by atoms with E-state index in [1.807, 2.05) is 0 Å². The van der Waals surface area contributed by atoms with Crippen molar-refractivity contribution >= 4 is 17.9 Å². The number of carbonyl (C=O) groups excluding carboxylic acids is 1. The molecule has 2 atom stereocenters. The number of hydrogen-bond donors (Lipinski definition) is 0. The molecular formula is C22H18ClNO4. The lowest BCUT2D eigenvalue weighted by Gasteiger charge is -2.21. The molecule has 6 heteroatoms. The van der Waals surface area contributed by atoms with Gasteiger partial charge in [0.2, 0.25) is 0 Å². The number of nitroso groups, excluding NO2 is 1. The molecule has 0 aromatic heterocycles. The van der Waals surface area contributed by atoms with Crippen LogP contribution in [0.25, 0.3) is 0 Å². The highest BCUT2D eigenvalue weighted by molar-refractivity contribution is 6.30. The zero-order chi connectivity index (χ0) is 19.9. The van der Waals surface area contributed by atoms with Gasteiger partial charge < -0.3 is 9.47 Å². The standard InChI is InChI=1S/C22H18ClNO4/c1-15(22(24-26)21-5-3-2-4-16(21)14-25)27-18-10-12-20(13-11-18)28-19-8-6-17(23)7-9-19/h2-15,22H,1H3. The topological polar surface area (TPSA) is 65.0 Å². The van der Waals surface area contributed by atoms with Crippen molar-refractivity contribution in [2.24, 2.45) is 5.18 Å². The summed E-state index contributed by atoms with van der Waals surface area (Å²) in [6.07, 6.45) is 0.157. The van der Waals surface area contributed by atoms with Crippen molar-refractivity contribution in [2.45, 2.75) is 19.1 Å². The SMILES string of the molecule is CC(Oc1ccc(Oc2ccc(Cl)cc2)cc1)C(N=O)c1ccccc1C=O. The van der Waals surface area contributed by atoms with Gasteiger partial charge in [0, 0.05) is 10.6 Å². The molecule has 0 fully saturated rings. The first-order valence-corrected chi connectivity index (χ1v) is 9.05. The van der Waals surface area contributed by atoms with Gasteiger partial charge in [-0.15, -0.1) is 0 Å². The molecule has 0 bridgehead atoms. The van der Waals surface area contributed by atoms with Gasteiger partial charge in [-0.2, -0.15) is 4.91 Å². The minimum absolute atomic E-state index is 0.425. The smallest absolute Gasteiger partial charge is 0.154 e. The molecule has 0 aliphatic rings. The first-order valence-electron chi connectivity index (χ1n) is 8.67. The molecule has 5 nitrogen and oxygen atoms in total. The van der Waals surface area contributed by atoms with E-state index in [4.69, 9.17) is 21.1 Å². The summed E-state index contributed by atoms with van der Waals surface area (Å²) in [5.74, 6) is 1.87. The Morgan fingerprint density at radius 1 is 0.893 bits per heavy atom. The Labute approximate surface area is 167 Å². The Bertz CT molecular complexity index is 942. The summed E-state index contributed by atoms with van der Waals surface area (Å²) in [5.41, 5.74) is 0.969. The highest BCUT2D eigenvalue weighted by atomic mass is 35.5. The predicted molar refractivity (Wildman–Crippen MR) is 108 cm³/mol. The Hall–Kier alpha value is -3.18. The fourth-order valence-electron chi connectivity index (χ4n) is 2.79. The van der Waals surface area contributed by atoms with E-state index in [0.29, 0.717) is 39.7 Å². The first kappa shape index (κ1) is 19.6. The zero-order valence-electron chi connectivity index (χ0n) is 15.1. The van der Waals surface area contributed by atoms with Crippen LogP contribution in [0.1, 0.15) is 28.9 Å². The van der Waals surface area contributed by atoms with Crippen molar-refractivity contribution in [1.29, 1.82) is 0 Å². The number of nitrogens with zero attached hydrogens (tertiary/aromatic N) is 1. The van der Waals surface area contributed by atoms with E-state index in [2.05, 4.69) is 5.18 Å². The molecule has 3 rings (SSSR count). The fourth-order valence-corrected chi connectivity index (χ4v) is 2.91. The number of benzene rings is 3. The van der Waals surface area contributed by atoms with Gasteiger partial charge in [0.1, 0.15) is 29.6 Å². The van der Waals surface area contributed by atoms with Crippen LogP contribution < -0.4 is 9.47 Å². The van der Waals surface area contributed by atoms with Crippen LogP contribution in [0.4, 0.5) is 0 Å². The van der Waals surface area contributed by atoms with Gasteiger partial charge in [0.15, 0.2) is 6.04 Å². The molecule has 28 heavy (non-hydrogen) atoms. The third-order valence-corrected chi connectivity index (χ3v) is 4.45. The molecule has 0 heterocycles. The van der Waals surface area contributed by atoms with Crippen LogP contribution in [0.5, 0.6) is 17.2 Å². The maximum absolute atomic E-state index is 11.4. The minimum atomic E-state index is -0.800. The quantitative estimate of drug-likeness (QED) is 0.335. The summed E-state index contributed by atoms with van der Waals surface area (Å²) in [4.78, 5) is 22.6. The van der Waals surface area contributed by atoms with E-state index in [1.54, 1.807) is 79.7 Å². The van der Waals surface area contributed by atoms with Crippen LogP contribution in [0.3, 0.4) is 0 Å². The molecule has 3 aromatic carbocycles. The summed E-state index contributed by atoms with van der Waals surface area (Å²) >= 11 is 5.86. The molecule has 0 aliphatic carbocycles. The number of aldehydes is 1. The summed E-state index contributed by atoms with van der Waals surface area (Å²) in [7, 11) is 0. The second-order valence-electron chi connectivity index (χ2n) is 6.15. The molecule has 0 amide bonds. The van der Waals surface area contributed by atoms with Gasteiger partial charge in [-0.1, -0.05) is 41.0 Å². The molecule has 142 valence electrons. The number of carbonyl (C=O) groups is 1. The predicted octanol–water partition coefficient (Wildman–Crippen LogP) is 6.22. The lowest BCUT2D eigenvalue weighted by Crippen LogP contribution is -2.21. The highest BCUT2D eigenvalue weighted by Gasteiger charge is 2.24. The molecule has 2 unspecified atom stereocenters. The van der Waals surface area contributed by atoms with E-state index in [1.165, 1.54) is 0 Å². The normalized spacial score (nSPS) is 12.6. The number of halogens is 1. The molecule has 0 saturated heterocycles. The zero-order valence-corrected chi connectivity index (χ0v) is 15.9. The molecule has 0 spiro atoms. The van der Waals surface area contributed by atoms with Gasteiger partial charge >= 0.3 is 0 Å². The third kappa shape index (κ3) is 4.75. The van der Waals surface area contributed by atoms with E-state index >= 15 is 0 Å². The summed E-state index contributed by atoms with van der Waals surface area (Å²) in [6.45, 7) is 1.74. The van der Waals surface area contributed by atoms with Gasteiger partial charge in [-0.3, -0.25) is 4.79 Å². The third-order valence-electron chi connectivity index (χ3n) is 4.19. The number of rotatable bonds is 8. The maximum atomic E-state index is 11.4. The van der Waals surface area contributed by atoms with Gasteiger partial charge in [0.25, 0.3) is 0 Å². The van der Waals surface area contributed by atoms with Crippen molar-refractivity contribution < 1.29 is 14.3 Å². The Balaban J connectivity index is 1.69. The van der Waals surface area contributed by atoms with Gasteiger partial charge in [-0.25, -0.2) is 0 Å². The first-order chi connectivity index (χ1) is 13.6. The minimum Gasteiger partial charge on any atom is -0.488 e. The second kappa shape index (κ2) is 9.15. The Morgan fingerprint density at radius 2 is 1.46 bits per heavy atom. The highest BCUT2D eigenvalue weighted by Crippen LogP contribution is 2.29.